The van der Waals surface area contributed by atoms with E-state index in [4.69, 9.17) is 0 Å². The Bertz CT molecular complexity index is 539. The first-order chi connectivity index (χ1) is 10.0. The zero-order valence-corrected chi connectivity index (χ0v) is 12.3. The number of halogens is 2. The Morgan fingerprint density at radius 3 is 2.76 bits per heavy atom. The third-order valence-corrected chi connectivity index (χ3v) is 3.93. The Kier molecular flexibility index (Phi) is 5.17. The van der Waals surface area contributed by atoms with Gasteiger partial charge in [-0.3, -0.25) is 9.59 Å². The first-order valence-electron chi connectivity index (χ1n) is 6.67. The maximum atomic E-state index is 12.6. The summed E-state index contributed by atoms with van der Waals surface area (Å²) in [6, 6.07) is 5.83. The van der Waals surface area contributed by atoms with Crippen LogP contribution in [0, 0.1) is 0 Å². The molecule has 1 aliphatic rings. The minimum absolute atomic E-state index is 0.139. The molecule has 0 spiro atoms. The van der Waals surface area contributed by atoms with E-state index < -0.39 is 11.8 Å². The quantitative estimate of drug-likeness (QED) is 0.850. The minimum atomic E-state index is -2.58. The molecule has 0 bridgehead atoms. The van der Waals surface area contributed by atoms with Crippen LogP contribution >= 0.6 is 11.8 Å². The highest BCUT2D eigenvalue weighted by Gasteiger charge is 2.34. The van der Waals surface area contributed by atoms with E-state index in [0.717, 1.165) is 6.42 Å². The highest BCUT2D eigenvalue weighted by Crippen LogP contribution is 2.34. The predicted octanol–water partition coefficient (Wildman–Crippen LogP) is 2.63. The number of amides is 2. The molecule has 0 aliphatic carbocycles. The van der Waals surface area contributed by atoms with E-state index in [9.17, 15) is 18.4 Å². The predicted molar refractivity (Wildman–Crippen MR) is 77.5 cm³/mol. The van der Waals surface area contributed by atoms with Gasteiger partial charge in [0.1, 0.15) is 12.6 Å². The number of para-hydroxylation sites is 1. The first kappa shape index (κ1) is 15.8. The number of nitrogens with one attached hydrogen (secondary N) is 1. The summed E-state index contributed by atoms with van der Waals surface area (Å²) in [5.74, 6) is -3.10. The number of rotatable bonds is 5. The Hall–Kier alpha value is -1.63. The summed E-state index contributed by atoms with van der Waals surface area (Å²) < 4.78 is 25.2. The van der Waals surface area contributed by atoms with Gasteiger partial charge in [-0.1, -0.05) is 37.2 Å². The highest BCUT2D eigenvalue weighted by molar-refractivity contribution is 7.99. The molecule has 1 atom stereocenters. The third kappa shape index (κ3) is 3.72. The molecule has 4 nitrogen and oxygen atoms in total. The Balaban J connectivity index is 2.31. The molecular weight excluding hydrogens is 298 g/mol. The minimum Gasteiger partial charge on any atom is -0.343 e. The number of alkyl halides is 2. The molecule has 1 saturated heterocycles. The summed E-state index contributed by atoms with van der Waals surface area (Å²) in [5.41, 5.74) is 0.365. The van der Waals surface area contributed by atoms with Crippen LogP contribution in [-0.2, 0) is 9.59 Å². The molecule has 1 aliphatic heterocycles. The number of anilines is 1. The van der Waals surface area contributed by atoms with Crippen molar-refractivity contribution in [2.45, 2.75) is 36.5 Å². The number of hydrogen-bond acceptors (Lipinski definition) is 3. The standard InChI is InChI=1S/C14H16F2N2O2S/c1-2-5-9-13(20)18(8-12(19)17-9)10-6-3-4-7-11(10)21-14(15)16/h3-4,6-7,9,14H,2,5,8H2,1H3,(H,17,19). The number of thioether (sulfide) groups is 1. The van der Waals surface area contributed by atoms with Crippen LogP contribution in [-0.4, -0.2) is 30.2 Å². The van der Waals surface area contributed by atoms with Crippen molar-refractivity contribution in [1.29, 1.82) is 0 Å². The van der Waals surface area contributed by atoms with Gasteiger partial charge in [0.05, 0.1) is 5.69 Å². The van der Waals surface area contributed by atoms with E-state index >= 15 is 0 Å². The molecule has 0 saturated carbocycles. The van der Waals surface area contributed by atoms with Gasteiger partial charge >= 0.3 is 0 Å². The van der Waals surface area contributed by atoms with Gasteiger partial charge in [-0.25, -0.2) is 0 Å². The van der Waals surface area contributed by atoms with Crippen molar-refractivity contribution in [2.75, 3.05) is 11.4 Å². The van der Waals surface area contributed by atoms with Crippen molar-refractivity contribution in [2.24, 2.45) is 0 Å². The summed E-state index contributed by atoms with van der Waals surface area (Å²) in [5, 5.41) is 2.64. The molecule has 1 aromatic carbocycles. The van der Waals surface area contributed by atoms with Crippen LogP contribution in [0.2, 0.25) is 0 Å². The van der Waals surface area contributed by atoms with E-state index in [1.165, 1.54) is 11.0 Å². The monoisotopic (exact) mass is 314 g/mol. The van der Waals surface area contributed by atoms with Gasteiger partial charge in [-0.15, -0.1) is 0 Å². The third-order valence-electron chi connectivity index (χ3n) is 3.15. The lowest BCUT2D eigenvalue weighted by atomic mass is 10.1. The van der Waals surface area contributed by atoms with Crippen molar-refractivity contribution in [3.8, 4) is 0 Å². The molecule has 1 fully saturated rings. The lowest BCUT2D eigenvalue weighted by molar-refractivity contribution is -0.131. The average molecular weight is 314 g/mol. The summed E-state index contributed by atoms with van der Waals surface area (Å²) in [7, 11) is 0. The average Bonchev–Trinajstić information content (AvgIpc) is 2.43. The summed E-state index contributed by atoms with van der Waals surface area (Å²) in [6.45, 7) is 1.78. The second-order valence-electron chi connectivity index (χ2n) is 4.68. The van der Waals surface area contributed by atoms with Gasteiger partial charge in [-0.2, -0.15) is 8.78 Å². The SMILES string of the molecule is CCCC1NC(=O)CN(c2ccccc2SC(F)F)C1=O. The van der Waals surface area contributed by atoms with Gasteiger partial charge in [0.15, 0.2) is 0 Å². The van der Waals surface area contributed by atoms with Crippen LogP contribution < -0.4 is 10.2 Å². The van der Waals surface area contributed by atoms with Gasteiger partial charge in [0.2, 0.25) is 11.8 Å². The summed E-state index contributed by atoms with van der Waals surface area (Å²) in [6.07, 6.45) is 1.28. The lowest BCUT2D eigenvalue weighted by Crippen LogP contribution is -2.58. The fraction of sp³-hybridized carbons (Fsp3) is 0.429. The molecule has 0 radical (unpaired) electrons. The summed E-state index contributed by atoms with van der Waals surface area (Å²) >= 11 is 0.378. The van der Waals surface area contributed by atoms with Crippen molar-refractivity contribution in [1.82, 2.24) is 5.32 Å². The second-order valence-corrected chi connectivity index (χ2v) is 5.71. The number of carbonyl (C=O) groups excluding carboxylic acids is 2. The van der Waals surface area contributed by atoms with Crippen LogP contribution in [0.25, 0.3) is 0 Å². The van der Waals surface area contributed by atoms with E-state index in [1.54, 1.807) is 18.2 Å². The molecular formula is C14H16F2N2O2S. The van der Waals surface area contributed by atoms with E-state index in [2.05, 4.69) is 5.32 Å². The van der Waals surface area contributed by atoms with Crippen LogP contribution in [0.4, 0.5) is 14.5 Å². The van der Waals surface area contributed by atoms with Gasteiger partial charge in [-0.05, 0) is 18.6 Å². The molecule has 114 valence electrons. The maximum Gasteiger partial charge on any atom is 0.288 e. The fourth-order valence-electron chi connectivity index (χ4n) is 2.28. The zero-order valence-electron chi connectivity index (χ0n) is 11.5. The molecule has 1 heterocycles. The van der Waals surface area contributed by atoms with E-state index in [0.29, 0.717) is 28.8 Å². The van der Waals surface area contributed by atoms with E-state index in [-0.39, 0.29) is 18.4 Å². The molecule has 1 N–H and O–H groups in total. The fourth-order valence-corrected chi connectivity index (χ4v) is 2.92. The van der Waals surface area contributed by atoms with Crippen molar-refractivity contribution < 1.29 is 18.4 Å². The number of hydrogen-bond donors (Lipinski definition) is 1. The molecule has 2 amide bonds. The second kappa shape index (κ2) is 6.89. The zero-order chi connectivity index (χ0) is 15.4. The molecule has 1 unspecified atom stereocenters. The number of nitrogens with zero attached hydrogens (tertiary/aromatic N) is 1. The van der Waals surface area contributed by atoms with Crippen molar-refractivity contribution >= 4 is 29.3 Å². The molecule has 21 heavy (non-hydrogen) atoms. The number of benzene rings is 1. The first-order valence-corrected chi connectivity index (χ1v) is 7.55. The summed E-state index contributed by atoms with van der Waals surface area (Å²) in [4.78, 5) is 25.8. The van der Waals surface area contributed by atoms with Gasteiger partial charge in [0.25, 0.3) is 5.76 Å². The van der Waals surface area contributed by atoms with Crippen LogP contribution in [0.1, 0.15) is 19.8 Å². The smallest absolute Gasteiger partial charge is 0.288 e. The Labute approximate surface area is 125 Å². The number of carbonyl (C=O) groups is 2. The van der Waals surface area contributed by atoms with Gasteiger partial charge < -0.3 is 10.2 Å². The largest absolute Gasteiger partial charge is 0.343 e. The number of piperazine rings is 1. The molecule has 7 heteroatoms. The van der Waals surface area contributed by atoms with Crippen molar-refractivity contribution in [3.63, 3.8) is 0 Å². The highest BCUT2D eigenvalue weighted by atomic mass is 32.2. The molecule has 0 aromatic heterocycles. The Morgan fingerprint density at radius 2 is 2.10 bits per heavy atom. The van der Waals surface area contributed by atoms with Crippen LogP contribution in [0.5, 0.6) is 0 Å². The molecule has 2 rings (SSSR count). The lowest BCUT2D eigenvalue weighted by Gasteiger charge is -2.33. The normalized spacial score (nSPS) is 19.0. The maximum absolute atomic E-state index is 12.6. The van der Waals surface area contributed by atoms with Gasteiger partial charge in [0, 0.05) is 4.90 Å². The Morgan fingerprint density at radius 1 is 1.38 bits per heavy atom. The van der Waals surface area contributed by atoms with E-state index in [1.807, 2.05) is 6.92 Å². The molecule has 1 aromatic rings. The van der Waals surface area contributed by atoms with Crippen LogP contribution in [0.3, 0.4) is 0 Å². The van der Waals surface area contributed by atoms with Crippen LogP contribution in [0.15, 0.2) is 29.2 Å². The van der Waals surface area contributed by atoms with Crippen molar-refractivity contribution in [3.05, 3.63) is 24.3 Å². The topological polar surface area (TPSA) is 49.4 Å².